The summed E-state index contributed by atoms with van der Waals surface area (Å²) in [7, 11) is 0. The summed E-state index contributed by atoms with van der Waals surface area (Å²) in [5.74, 6) is 1.04. The van der Waals surface area contributed by atoms with E-state index in [9.17, 15) is 9.59 Å². The van der Waals surface area contributed by atoms with Crippen molar-refractivity contribution in [2.75, 3.05) is 35.7 Å². The van der Waals surface area contributed by atoms with E-state index in [1.807, 2.05) is 0 Å². The van der Waals surface area contributed by atoms with Gasteiger partial charge in [0.1, 0.15) is 4.38 Å². The van der Waals surface area contributed by atoms with Gasteiger partial charge in [0.2, 0.25) is 11.0 Å². The lowest BCUT2D eigenvalue weighted by atomic mass is 10.7. The maximum atomic E-state index is 11.8. The molecule has 0 atom stereocenters. The van der Waals surface area contributed by atoms with Crippen molar-refractivity contribution in [3.05, 3.63) is 0 Å². The molecule has 11 heteroatoms. The van der Waals surface area contributed by atoms with E-state index in [1.54, 1.807) is 18.7 Å². The summed E-state index contributed by atoms with van der Waals surface area (Å²) in [6.07, 6.45) is 0. The molecule has 2 rings (SSSR count). The standard InChI is InChI=1S/C11H14N4O3S4/c1-2-18-8(17)6-21-11-15-14-9(22-11)13-7(16)5-20-10-12-3-4-19-10/h2-6H2,1H3,(H,13,14,16). The van der Waals surface area contributed by atoms with Gasteiger partial charge in [0.25, 0.3) is 0 Å². The summed E-state index contributed by atoms with van der Waals surface area (Å²) >= 11 is 5.57. The average Bonchev–Trinajstić information content (AvgIpc) is 3.15. The van der Waals surface area contributed by atoms with E-state index in [0.717, 1.165) is 16.7 Å². The first-order valence-corrected chi connectivity index (χ1v) is 10.2. The topological polar surface area (TPSA) is 93.5 Å². The van der Waals surface area contributed by atoms with E-state index in [2.05, 4.69) is 20.5 Å². The summed E-state index contributed by atoms with van der Waals surface area (Å²) in [5.41, 5.74) is 0. The molecule has 0 aromatic carbocycles. The summed E-state index contributed by atoms with van der Waals surface area (Å²) in [6, 6.07) is 0. The van der Waals surface area contributed by atoms with Gasteiger partial charge in [0, 0.05) is 5.75 Å². The highest BCUT2D eigenvalue weighted by molar-refractivity contribution is 8.39. The quantitative estimate of drug-likeness (QED) is 0.437. The number of anilines is 1. The van der Waals surface area contributed by atoms with Gasteiger partial charge in [0.05, 0.1) is 24.7 Å². The Bertz CT molecular complexity index is 563. The normalized spacial score (nSPS) is 13.8. The van der Waals surface area contributed by atoms with Crippen molar-refractivity contribution in [3.8, 4) is 0 Å². The first-order valence-electron chi connectivity index (χ1n) is 6.39. The maximum Gasteiger partial charge on any atom is 0.316 e. The molecule has 0 saturated carbocycles. The molecule has 0 aliphatic carbocycles. The molecule has 1 aromatic rings. The zero-order valence-electron chi connectivity index (χ0n) is 11.7. The highest BCUT2D eigenvalue weighted by atomic mass is 32.2. The molecule has 0 bridgehead atoms. The molecular formula is C11H14N4O3S4. The fourth-order valence-corrected chi connectivity index (χ4v) is 4.70. The number of hydrogen-bond acceptors (Lipinski definition) is 10. The predicted molar refractivity (Wildman–Crippen MR) is 93.1 cm³/mol. The molecule has 7 nitrogen and oxygen atoms in total. The second-order valence-electron chi connectivity index (χ2n) is 3.80. The first-order chi connectivity index (χ1) is 10.7. The molecule has 1 aliphatic rings. The molecule has 0 saturated heterocycles. The summed E-state index contributed by atoms with van der Waals surface area (Å²) in [5, 5.41) is 10.9. The van der Waals surface area contributed by atoms with Crippen molar-refractivity contribution in [3.63, 3.8) is 0 Å². The smallest absolute Gasteiger partial charge is 0.316 e. The van der Waals surface area contributed by atoms with Gasteiger partial charge in [0.15, 0.2) is 4.34 Å². The Hall–Kier alpha value is -0.780. The summed E-state index contributed by atoms with van der Waals surface area (Å²) < 4.78 is 6.40. The fraction of sp³-hybridized carbons (Fsp3) is 0.545. The number of esters is 1. The molecule has 0 radical (unpaired) electrons. The van der Waals surface area contributed by atoms with Crippen LogP contribution in [0, 0.1) is 0 Å². The molecule has 0 fully saturated rings. The Morgan fingerprint density at radius 1 is 1.32 bits per heavy atom. The van der Waals surface area contributed by atoms with Crippen LogP contribution in [-0.4, -0.2) is 56.9 Å². The van der Waals surface area contributed by atoms with Crippen molar-refractivity contribution in [1.29, 1.82) is 0 Å². The molecule has 2 heterocycles. The molecule has 1 amide bonds. The highest BCUT2D eigenvalue weighted by Gasteiger charge is 2.13. The van der Waals surface area contributed by atoms with Crippen LogP contribution in [0.15, 0.2) is 9.33 Å². The van der Waals surface area contributed by atoms with Gasteiger partial charge in [-0.3, -0.25) is 19.9 Å². The summed E-state index contributed by atoms with van der Waals surface area (Å²) in [4.78, 5) is 27.3. The van der Waals surface area contributed by atoms with Crippen LogP contribution in [0.4, 0.5) is 5.13 Å². The number of nitrogens with one attached hydrogen (secondary N) is 1. The lowest BCUT2D eigenvalue weighted by Crippen LogP contribution is -2.14. The number of carbonyl (C=O) groups is 2. The maximum absolute atomic E-state index is 11.8. The van der Waals surface area contributed by atoms with Gasteiger partial charge in [-0.2, -0.15) is 0 Å². The molecule has 1 aromatic heterocycles. The van der Waals surface area contributed by atoms with Gasteiger partial charge in [-0.25, -0.2) is 0 Å². The molecule has 22 heavy (non-hydrogen) atoms. The van der Waals surface area contributed by atoms with Gasteiger partial charge in [-0.1, -0.05) is 46.6 Å². The van der Waals surface area contributed by atoms with Crippen molar-refractivity contribution >= 4 is 68.0 Å². The fourth-order valence-electron chi connectivity index (χ4n) is 1.33. The van der Waals surface area contributed by atoms with Crippen molar-refractivity contribution in [1.82, 2.24) is 10.2 Å². The van der Waals surface area contributed by atoms with Crippen LogP contribution < -0.4 is 5.32 Å². The Morgan fingerprint density at radius 3 is 2.91 bits per heavy atom. The number of aliphatic imine (C=N–C) groups is 1. The lowest BCUT2D eigenvalue weighted by molar-refractivity contribution is -0.139. The number of hydrogen-bond donors (Lipinski definition) is 1. The monoisotopic (exact) mass is 378 g/mol. The van der Waals surface area contributed by atoms with Crippen LogP contribution in [0.3, 0.4) is 0 Å². The Labute approximate surface area is 144 Å². The van der Waals surface area contributed by atoms with E-state index in [-0.39, 0.29) is 17.6 Å². The zero-order chi connectivity index (χ0) is 15.8. The minimum atomic E-state index is -0.292. The molecule has 1 N–H and O–H groups in total. The molecule has 0 unspecified atom stereocenters. The van der Waals surface area contributed by atoms with Gasteiger partial charge in [-0.15, -0.1) is 10.2 Å². The Balaban J connectivity index is 1.71. The SMILES string of the molecule is CCOC(=O)CSc1nnc(NC(=O)CSC2=NCCS2)s1. The van der Waals surface area contributed by atoms with Crippen LogP contribution >= 0.6 is 46.6 Å². The highest BCUT2D eigenvalue weighted by Crippen LogP contribution is 2.26. The van der Waals surface area contributed by atoms with E-state index in [4.69, 9.17) is 4.74 Å². The van der Waals surface area contributed by atoms with Gasteiger partial charge < -0.3 is 4.74 Å². The van der Waals surface area contributed by atoms with Crippen LogP contribution in [0.5, 0.6) is 0 Å². The second-order valence-corrected chi connectivity index (χ2v) is 8.31. The van der Waals surface area contributed by atoms with E-state index in [0.29, 0.717) is 21.8 Å². The van der Waals surface area contributed by atoms with Crippen molar-refractivity contribution in [2.45, 2.75) is 11.3 Å². The summed E-state index contributed by atoms with van der Waals surface area (Å²) in [6.45, 7) is 2.94. The van der Waals surface area contributed by atoms with Crippen molar-refractivity contribution < 1.29 is 14.3 Å². The predicted octanol–water partition coefficient (Wildman–Crippen LogP) is 1.97. The first kappa shape index (κ1) is 17.6. The van der Waals surface area contributed by atoms with Crippen LogP contribution in [-0.2, 0) is 14.3 Å². The van der Waals surface area contributed by atoms with Gasteiger partial charge in [-0.05, 0) is 6.92 Å². The minimum absolute atomic E-state index is 0.140. The van der Waals surface area contributed by atoms with E-state index >= 15 is 0 Å². The zero-order valence-corrected chi connectivity index (χ0v) is 15.0. The minimum Gasteiger partial charge on any atom is -0.465 e. The number of ether oxygens (including phenoxy) is 1. The number of thioether (sulfide) groups is 3. The number of amides is 1. The molecular weight excluding hydrogens is 364 g/mol. The Kier molecular flexibility index (Phi) is 7.49. The number of rotatable bonds is 7. The van der Waals surface area contributed by atoms with Gasteiger partial charge >= 0.3 is 5.97 Å². The largest absolute Gasteiger partial charge is 0.465 e. The average molecular weight is 379 g/mol. The lowest BCUT2D eigenvalue weighted by Gasteiger charge is -2.00. The van der Waals surface area contributed by atoms with E-state index < -0.39 is 0 Å². The molecule has 1 aliphatic heterocycles. The molecule has 0 spiro atoms. The third kappa shape index (κ3) is 6.15. The van der Waals surface area contributed by atoms with Crippen LogP contribution in [0.25, 0.3) is 0 Å². The molecule has 120 valence electrons. The third-order valence-electron chi connectivity index (χ3n) is 2.16. The van der Waals surface area contributed by atoms with Crippen LogP contribution in [0.2, 0.25) is 0 Å². The van der Waals surface area contributed by atoms with Crippen molar-refractivity contribution in [2.24, 2.45) is 4.99 Å². The Morgan fingerprint density at radius 2 is 2.18 bits per heavy atom. The number of aromatic nitrogens is 2. The number of carbonyl (C=O) groups excluding carboxylic acids is 2. The number of nitrogens with zero attached hydrogens (tertiary/aromatic N) is 3. The third-order valence-corrected chi connectivity index (χ3v) is 6.35. The van der Waals surface area contributed by atoms with Crippen LogP contribution in [0.1, 0.15) is 6.92 Å². The van der Waals surface area contributed by atoms with E-state index in [1.165, 1.54) is 34.9 Å². The second kappa shape index (κ2) is 9.38.